The summed E-state index contributed by atoms with van der Waals surface area (Å²) in [5, 5.41) is 17.5. The van der Waals surface area contributed by atoms with Crippen molar-refractivity contribution in [3.8, 4) is 0 Å². The smallest absolute Gasteiger partial charge is 0.0771 e. The fraction of sp³-hybridized carbons (Fsp3) is 0.750. The van der Waals surface area contributed by atoms with Crippen LogP contribution in [0.25, 0.3) is 0 Å². The molecule has 1 aliphatic carbocycles. The van der Waals surface area contributed by atoms with E-state index in [1.54, 1.807) is 0 Å². The van der Waals surface area contributed by atoms with Gasteiger partial charge in [0, 0.05) is 31.4 Å². The predicted octanol–water partition coefficient (Wildman–Crippen LogP) is 1.30. The van der Waals surface area contributed by atoms with E-state index in [1.165, 1.54) is 5.56 Å². The quantitative estimate of drug-likeness (QED) is 0.764. The maximum Gasteiger partial charge on any atom is 0.0771 e. The lowest BCUT2D eigenvalue weighted by Crippen LogP contribution is -2.45. The molecular weight excluding hydrogens is 202 g/mol. The lowest BCUT2D eigenvalue weighted by molar-refractivity contribution is -0.0314. The van der Waals surface area contributed by atoms with Crippen molar-refractivity contribution >= 4 is 0 Å². The Balaban J connectivity index is 1.72. The summed E-state index contributed by atoms with van der Waals surface area (Å²) in [6.07, 6.45) is 8.11. The Morgan fingerprint density at radius 1 is 1.56 bits per heavy atom. The van der Waals surface area contributed by atoms with Crippen LogP contribution in [0.4, 0.5) is 0 Å². The van der Waals surface area contributed by atoms with E-state index >= 15 is 0 Å². The molecule has 0 atom stereocenters. The number of rotatable bonds is 6. The second-order valence-electron chi connectivity index (χ2n) is 4.79. The van der Waals surface area contributed by atoms with Crippen LogP contribution in [0.3, 0.4) is 0 Å². The highest BCUT2D eigenvalue weighted by Crippen LogP contribution is 2.30. The van der Waals surface area contributed by atoms with Crippen LogP contribution in [0.15, 0.2) is 12.4 Å². The average Bonchev–Trinajstić information content (AvgIpc) is 2.64. The Bertz CT molecular complexity index is 331. The van der Waals surface area contributed by atoms with Crippen LogP contribution in [0.5, 0.6) is 0 Å². The first-order valence-electron chi connectivity index (χ1n) is 6.16. The van der Waals surface area contributed by atoms with E-state index in [1.807, 2.05) is 10.9 Å². The van der Waals surface area contributed by atoms with E-state index in [0.29, 0.717) is 6.54 Å². The molecule has 1 heterocycles. The van der Waals surface area contributed by atoms with Gasteiger partial charge in [-0.25, -0.2) is 0 Å². The number of aliphatic hydroxyl groups is 1. The molecule has 0 radical (unpaired) electrons. The molecule has 0 amide bonds. The molecule has 0 unspecified atom stereocenters. The van der Waals surface area contributed by atoms with Crippen molar-refractivity contribution < 1.29 is 5.11 Å². The molecule has 0 spiro atoms. The molecule has 1 fully saturated rings. The Morgan fingerprint density at radius 2 is 2.38 bits per heavy atom. The van der Waals surface area contributed by atoms with Gasteiger partial charge in [0.1, 0.15) is 0 Å². The molecular formula is C12H21N3O. The summed E-state index contributed by atoms with van der Waals surface area (Å²) in [5.41, 5.74) is 0.760. The Hall–Kier alpha value is -0.870. The maximum absolute atomic E-state index is 9.89. The van der Waals surface area contributed by atoms with Crippen LogP contribution in [-0.4, -0.2) is 27.0 Å². The summed E-state index contributed by atoms with van der Waals surface area (Å²) in [7, 11) is 0. The first-order valence-corrected chi connectivity index (χ1v) is 6.16. The van der Waals surface area contributed by atoms with Gasteiger partial charge in [-0.1, -0.05) is 6.92 Å². The highest BCUT2D eigenvalue weighted by Gasteiger charge is 2.33. The lowest BCUT2D eigenvalue weighted by atomic mass is 9.80. The zero-order valence-electron chi connectivity index (χ0n) is 9.95. The minimum Gasteiger partial charge on any atom is -0.389 e. The van der Waals surface area contributed by atoms with E-state index < -0.39 is 5.60 Å². The summed E-state index contributed by atoms with van der Waals surface area (Å²) in [6, 6.07) is 0. The molecule has 0 saturated heterocycles. The third-order valence-corrected chi connectivity index (χ3v) is 3.21. The van der Waals surface area contributed by atoms with Crippen LogP contribution in [-0.2, 0) is 13.1 Å². The molecule has 1 saturated carbocycles. The maximum atomic E-state index is 9.89. The molecule has 2 N–H and O–H groups in total. The van der Waals surface area contributed by atoms with Crippen LogP contribution in [0.2, 0.25) is 0 Å². The Labute approximate surface area is 96.7 Å². The summed E-state index contributed by atoms with van der Waals surface area (Å²) in [4.78, 5) is 0. The van der Waals surface area contributed by atoms with Crippen LogP contribution < -0.4 is 5.32 Å². The number of nitrogens with zero attached hydrogens (tertiary/aromatic N) is 2. The van der Waals surface area contributed by atoms with Crippen molar-refractivity contribution in [1.29, 1.82) is 0 Å². The molecule has 90 valence electrons. The van der Waals surface area contributed by atoms with Gasteiger partial charge in [-0.3, -0.25) is 4.68 Å². The first kappa shape index (κ1) is 11.6. The molecule has 4 nitrogen and oxygen atoms in total. The summed E-state index contributed by atoms with van der Waals surface area (Å²) in [6.45, 7) is 4.62. The van der Waals surface area contributed by atoms with E-state index in [-0.39, 0.29) is 0 Å². The molecule has 2 rings (SSSR count). The standard InChI is InChI=1S/C12H21N3O/c1-2-6-15-9-11(8-14-15)7-13-10-12(16)4-3-5-12/h8-9,13,16H,2-7,10H2,1H3. The van der Waals surface area contributed by atoms with Crippen LogP contribution in [0.1, 0.15) is 38.2 Å². The van der Waals surface area contributed by atoms with Crippen molar-refractivity contribution in [1.82, 2.24) is 15.1 Å². The van der Waals surface area contributed by atoms with Crippen LogP contribution >= 0.6 is 0 Å². The third kappa shape index (κ3) is 2.83. The first-order chi connectivity index (χ1) is 7.72. The Morgan fingerprint density at radius 3 is 3.00 bits per heavy atom. The normalized spacial score (nSPS) is 18.4. The predicted molar refractivity (Wildman–Crippen MR) is 63.0 cm³/mol. The van der Waals surface area contributed by atoms with Gasteiger partial charge in [0.05, 0.1) is 11.8 Å². The average molecular weight is 223 g/mol. The Kier molecular flexibility index (Phi) is 3.61. The van der Waals surface area contributed by atoms with Gasteiger partial charge in [-0.2, -0.15) is 5.10 Å². The molecule has 16 heavy (non-hydrogen) atoms. The summed E-state index contributed by atoms with van der Waals surface area (Å²) < 4.78 is 1.97. The minimum absolute atomic E-state index is 0.431. The lowest BCUT2D eigenvalue weighted by Gasteiger charge is -2.36. The zero-order chi connectivity index (χ0) is 11.4. The fourth-order valence-corrected chi connectivity index (χ4v) is 2.05. The van der Waals surface area contributed by atoms with Crippen molar-refractivity contribution in [2.24, 2.45) is 0 Å². The van der Waals surface area contributed by atoms with E-state index in [0.717, 1.165) is 38.8 Å². The van der Waals surface area contributed by atoms with Crippen molar-refractivity contribution in [2.75, 3.05) is 6.54 Å². The summed E-state index contributed by atoms with van der Waals surface area (Å²) >= 11 is 0. The van der Waals surface area contributed by atoms with Gasteiger partial charge >= 0.3 is 0 Å². The van der Waals surface area contributed by atoms with Gasteiger partial charge in [0.25, 0.3) is 0 Å². The van der Waals surface area contributed by atoms with E-state index in [4.69, 9.17) is 0 Å². The third-order valence-electron chi connectivity index (χ3n) is 3.21. The van der Waals surface area contributed by atoms with Gasteiger partial charge < -0.3 is 10.4 Å². The number of hydrogen-bond acceptors (Lipinski definition) is 3. The monoisotopic (exact) mass is 223 g/mol. The van der Waals surface area contributed by atoms with Crippen molar-refractivity contribution in [3.63, 3.8) is 0 Å². The molecule has 0 bridgehead atoms. The van der Waals surface area contributed by atoms with Gasteiger partial charge in [-0.05, 0) is 25.7 Å². The molecule has 0 aromatic carbocycles. The molecule has 4 heteroatoms. The number of nitrogens with one attached hydrogen (secondary N) is 1. The number of hydrogen-bond donors (Lipinski definition) is 2. The van der Waals surface area contributed by atoms with Gasteiger partial charge in [-0.15, -0.1) is 0 Å². The largest absolute Gasteiger partial charge is 0.389 e. The van der Waals surface area contributed by atoms with Crippen molar-refractivity contribution in [3.05, 3.63) is 18.0 Å². The summed E-state index contributed by atoms with van der Waals surface area (Å²) in [5.74, 6) is 0. The topological polar surface area (TPSA) is 50.1 Å². The SMILES string of the molecule is CCCn1cc(CNCC2(O)CCC2)cn1. The van der Waals surface area contributed by atoms with E-state index in [9.17, 15) is 5.11 Å². The number of aromatic nitrogens is 2. The van der Waals surface area contributed by atoms with Crippen LogP contribution in [0, 0.1) is 0 Å². The second kappa shape index (κ2) is 4.97. The van der Waals surface area contributed by atoms with Crippen molar-refractivity contribution in [2.45, 2.75) is 51.3 Å². The highest BCUT2D eigenvalue weighted by molar-refractivity contribution is 5.03. The molecule has 1 aromatic heterocycles. The molecule has 1 aliphatic rings. The molecule has 0 aliphatic heterocycles. The molecule has 1 aromatic rings. The fourth-order valence-electron chi connectivity index (χ4n) is 2.05. The highest BCUT2D eigenvalue weighted by atomic mass is 16.3. The number of aryl methyl sites for hydroxylation is 1. The van der Waals surface area contributed by atoms with Gasteiger partial charge in [0.2, 0.25) is 0 Å². The van der Waals surface area contributed by atoms with E-state index in [2.05, 4.69) is 23.5 Å². The zero-order valence-corrected chi connectivity index (χ0v) is 9.95. The minimum atomic E-state index is -0.431. The second-order valence-corrected chi connectivity index (χ2v) is 4.79. The van der Waals surface area contributed by atoms with Gasteiger partial charge in [0.15, 0.2) is 0 Å².